The normalized spacial score (nSPS) is 12.2. The number of aliphatic hydroxyl groups excluding tert-OH is 1. The number of ether oxygens (including phenoxy) is 2. The molecule has 5 nitrogen and oxygen atoms in total. The van der Waals surface area contributed by atoms with Crippen molar-refractivity contribution >= 4 is 11.9 Å². The highest BCUT2D eigenvalue weighted by Crippen LogP contribution is 2.18. The summed E-state index contributed by atoms with van der Waals surface area (Å²) in [6.45, 7) is 4.18. The Hall–Kier alpha value is -1.62. The lowest BCUT2D eigenvalue weighted by Gasteiger charge is -2.15. The SMILES string of the molecule is CCCCCCC/C=C\C/C=C\CCCCCCCCCCCC(=O)OC(CO)COC(=O)CCCCCCCCCCCCCCCCCCCCCCCCCCCCCCCCC. The van der Waals surface area contributed by atoms with Gasteiger partial charge in [-0.15, -0.1) is 0 Å². The summed E-state index contributed by atoms with van der Waals surface area (Å²) in [7, 11) is 0. The highest BCUT2D eigenvalue weighted by atomic mass is 16.6. The van der Waals surface area contributed by atoms with E-state index < -0.39 is 6.10 Å². The third-order valence-corrected chi connectivity index (χ3v) is 13.7. The summed E-state index contributed by atoms with van der Waals surface area (Å²) in [6.07, 6.45) is 73.2. The Morgan fingerprint density at radius 3 is 0.894 bits per heavy atom. The van der Waals surface area contributed by atoms with Crippen LogP contribution in [0.3, 0.4) is 0 Å². The lowest BCUT2D eigenvalue weighted by molar-refractivity contribution is -0.161. The molecule has 5 heteroatoms. The van der Waals surface area contributed by atoms with Gasteiger partial charge in [0.2, 0.25) is 0 Å². The fourth-order valence-electron chi connectivity index (χ4n) is 9.24. The molecule has 0 heterocycles. The molecule has 0 amide bonds. The minimum atomic E-state index is -0.771. The molecule has 390 valence electrons. The number of esters is 2. The van der Waals surface area contributed by atoms with Gasteiger partial charge in [0.1, 0.15) is 6.61 Å². The summed E-state index contributed by atoms with van der Waals surface area (Å²) in [5, 5.41) is 9.66. The molecular weight excluding hydrogens is 813 g/mol. The van der Waals surface area contributed by atoms with Crippen molar-refractivity contribution in [3.8, 4) is 0 Å². The number of allylic oxidation sites excluding steroid dienone is 4. The monoisotopic (exact) mass is 929 g/mol. The van der Waals surface area contributed by atoms with E-state index in [0.29, 0.717) is 12.8 Å². The van der Waals surface area contributed by atoms with Crippen LogP contribution in [0.15, 0.2) is 24.3 Å². The number of aliphatic hydroxyl groups is 1. The number of rotatable bonds is 56. The number of carbonyl (C=O) groups excluding carboxylic acids is 2. The van der Waals surface area contributed by atoms with E-state index in [4.69, 9.17) is 9.47 Å². The van der Waals surface area contributed by atoms with Crippen molar-refractivity contribution in [1.82, 2.24) is 0 Å². The van der Waals surface area contributed by atoms with Crippen LogP contribution in [0.25, 0.3) is 0 Å². The minimum absolute atomic E-state index is 0.0619. The van der Waals surface area contributed by atoms with Crippen molar-refractivity contribution in [3.63, 3.8) is 0 Å². The average molecular weight is 930 g/mol. The predicted octanol–water partition coefficient (Wildman–Crippen LogP) is 20.1. The van der Waals surface area contributed by atoms with Gasteiger partial charge in [0, 0.05) is 12.8 Å². The van der Waals surface area contributed by atoms with Gasteiger partial charge in [-0.25, -0.2) is 0 Å². The maximum absolute atomic E-state index is 12.3. The molecule has 0 spiro atoms. The molecule has 66 heavy (non-hydrogen) atoms. The zero-order valence-corrected chi connectivity index (χ0v) is 44.7. The standard InChI is InChI=1S/C61H116O5/c1-3-5-7-9-11-13-15-17-19-21-23-25-26-27-28-29-30-31-32-33-34-36-37-39-41-43-45-47-49-51-53-55-60(63)65-58-59(57-62)66-61(64)56-54-52-50-48-46-44-42-40-38-35-24-22-20-18-16-14-12-10-8-6-4-2/h16,18,22,24,59,62H,3-15,17,19-21,23,25-58H2,1-2H3/b18-16-,24-22-. The first kappa shape index (κ1) is 64.4. The second kappa shape index (κ2) is 57.7. The maximum Gasteiger partial charge on any atom is 0.306 e. The molecule has 1 unspecified atom stereocenters. The van der Waals surface area contributed by atoms with E-state index >= 15 is 0 Å². The number of unbranched alkanes of at least 4 members (excludes halogenated alkanes) is 44. The Labute approximate surface area is 413 Å². The van der Waals surface area contributed by atoms with Crippen LogP contribution >= 0.6 is 0 Å². The van der Waals surface area contributed by atoms with Crippen molar-refractivity contribution < 1.29 is 24.2 Å². The van der Waals surface area contributed by atoms with Crippen LogP contribution in [-0.2, 0) is 19.1 Å². The van der Waals surface area contributed by atoms with Gasteiger partial charge in [-0.2, -0.15) is 0 Å². The van der Waals surface area contributed by atoms with Crippen molar-refractivity contribution in [3.05, 3.63) is 24.3 Å². The van der Waals surface area contributed by atoms with E-state index in [-0.39, 0.29) is 25.2 Å². The van der Waals surface area contributed by atoms with Crippen LogP contribution in [0.2, 0.25) is 0 Å². The predicted molar refractivity (Wildman–Crippen MR) is 288 cm³/mol. The molecule has 0 saturated heterocycles. The van der Waals surface area contributed by atoms with Gasteiger partial charge in [-0.05, 0) is 44.9 Å². The molecule has 0 bridgehead atoms. The Bertz CT molecular complexity index is 1010. The van der Waals surface area contributed by atoms with Crippen molar-refractivity contribution in [2.24, 2.45) is 0 Å². The van der Waals surface area contributed by atoms with Gasteiger partial charge in [0.05, 0.1) is 6.61 Å². The van der Waals surface area contributed by atoms with E-state index in [1.807, 2.05) is 0 Å². The smallest absolute Gasteiger partial charge is 0.306 e. The van der Waals surface area contributed by atoms with E-state index in [2.05, 4.69) is 38.2 Å². The zero-order valence-electron chi connectivity index (χ0n) is 44.7. The van der Waals surface area contributed by atoms with E-state index in [1.54, 1.807) is 0 Å². The van der Waals surface area contributed by atoms with Crippen LogP contribution in [0.4, 0.5) is 0 Å². The highest BCUT2D eigenvalue weighted by molar-refractivity contribution is 5.70. The summed E-state index contributed by atoms with van der Waals surface area (Å²) in [5.74, 6) is -0.576. The second-order valence-electron chi connectivity index (χ2n) is 20.4. The van der Waals surface area contributed by atoms with Gasteiger partial charge in [-0.1, -0.05) is 301 Å². The Morgan fingerprint density at radius 1 is 0.348 bits per heavy atom. The quantitative estimate of drug-likeness (QED) is 0.0374. The molecule has 0 aliphatic rings. The molecule has 0 aromatic rings. The van der Waals surface area contributed by atoms with Crippen LogP contribution in [0.1, 0.15) is 335 Å². The Kier molecular flexibility index (Phi) is 56.3. The van der Waals surface area contributed by atoms with Crippen LogP contribution in [0, 0.1) is 0 Å². The van der Waals surface area contributed by atoms with E-state index in [0.717, 1.165) is 38.5 Å². The fraction of sp³-hybridized carbons (Fsp3) is 0.902. The first-order valence-electron chi connectivity index (χ1n) is 29.9. The summed E-state index contributed by atoms with van der Waals surface area (Å²) >= 11 is 0. The Morgan fingerprint density at radius 2 is 0.606 bits per heavy atom. The topological polar surface area (TPSA) is 72.8 Å². The second-order valence-corrected chi connectivity index (χ2v) is 20.4. The summed E-state index contributed by atoms with van der Waals surface area (Å²) < 4.78 is 10.7. The molecule has 0 rings (SSSR count). The molecule has 0 fully saturated rings. The van der Waals surface area contributed by atoms with Crippen LogP contribution in [0.5, 0.6) is 0 Å². The maximum atomic E-state index is 12.3. The third-order valence-electron chi connectivity index (χ3n) is 13.7. The van der Waals surface area contributed by atoms with Crippen molar-refractivity contribution in [2.75, 3.05) is 13.2 Å². The third kappa shape index (κ3) is 55.0. The van der Waals surface area contributed by atoms with Crippen LogP contribution in [-0.4, -0.2) is 36.4 Å². The molecule has 0 aromatic carbocycles. The summed E-state index contributed by atoms with van der Waals surface area (Å²) in [5.41, 5.74) is 0. The number of hydrogen-bond acceptors (Lipinski definition) is 5. The summed E-state index contributed by atoms with van der Waals surface area (Å²) in [4.78, 5) is 24.5. The largest absolute Gasteiger partial charge is 0.462 e. The zero-order chi connectivity index (χ0) is 47.7. The molecule has 0 aliphatic heterocycles. The van der Waals surface area contributed by atoms with Gasteiger partial charge in [0.25, 0.3) is 0 Å². The lowest BCUT2D eigenvalue weighted by atomic mass is 10.0. The van der Waals surface area contributed by atoms with Crippen molar-refractivity contribution in [2.45, 2.75) is 341 Å². The Balaban J connectivity index is 3.40. The van der Waals surface area contributed by atoms with E-state index in [9.17, 15) is 14.7 Å². The van der Waals surface area contributed by atoms with Gasteiger partial charge in [-0.3, -0.25) is 9.59 Å². The molecular formula is C61H116O5. The molecule has 1 atom stereocenters. The van der Waals surface area contributed by atoms with Crippen molar-refractivity contribution in [1.29, 1.82) is 0 Å². The molecule has 0 radical (unpaired) electrons. The molecule has 0 aromatic heterocycles. The van der Waals surface area contributed by atoms with Gasteiger partial charge >= 0.3 is 11.9 Å². The van der Waals surface area contributed by atoms with E-state index in [1.165, 1.54) is 270 Å². The van der Waals surface area contributed by atoms with Gasteiger partial charge < -0.3 is 14.6 Å². The molecule has 0 aliphatic carbocycles. The van der Waals surface area contributed by atoms with Gasteiger partial charge in [0.15, 0.2) is 6.10 Å². The first-order chi connectivity index (χ1) is 32.6. The van der Waals surface area contributed by atoms with Crippen LogP contribution < -0.4 is 0 Å². The molecule has 0 saturated carbocycles. The number of carbonyl (C=O) groups is 2. The first-order valence-corrected chi connectivity index (χ1v) is 29.9. The summed E-state index contributed by atoms with van der Waals surface area (Å²) in [6, 6.07) is 0. The fourth-order valence-corrected chi connectivity index (χ4v) is 9.24. The molecule has 1 N–H and O–H groups in total. The highest BCUT2D eigenvalue weighted by Gasteiger charge is 2.16. The lowest BCUT2D eigenvalue weighted by Crippen LogP contribution is -2.28. The minimum Gasteiger partial charge on any atom is -0.462 e. The average Bonchev–Trinajstić information content (AvgIpc) is 3.32. The number of hydrogen-bond donors (Lipinski definition) is 1.